The maximum Gasteiger partial charge on any atom is 0.251 e. The van der Waals surface area contributed by atoms with Gasteiger partial charge < -0.3 is 5.32 Å². The maximum atomic E-state index is 11.9. The van der Waals surface area contributed by atoms with Crippen LogP contribution in [0.25, 0.3) is 0 Å². The minimum Gasteiger partial charge on any atom is -0.352 e. The molecule has 1 aliphatic rings. The molecular formula is C14H17N3O. The quantitative estimate of drug-likeness (QED) is 0.880. The fourth-order valence-corrected chi connectivity index (χ4v) is 2.35. The lowest BCUT2D eigenvalue weighted by Gasteiger charge is -2.10. The Morgan fingerprint density at radius 1 is 1.50 bits per heavy atom. The molecule has 0 aromatic carbocycles. The molecule has 2 rings (SSSR count). The molecule has 0 saturated heterocycles. The third kappa shape index (κ3) is 3.30. The highest BCUT2D eigenvalue weighted by atomic mass is 16.1. The lowest BCUT2D eigenvalue weighted by atomic mass is 10.1. The molecule has 0 aliphatic heterocycles. The fourth-order valence-electron chi connectivity index (χ4n) is 2.35. The first kappa shape index (κ1) is 12.6. The number of amides is 1. The lowest BCUT2D eigenvalue weighted by Crippen LogP contribution is -2.28. The van der Waals surface area contributed by atoms with Crippen LogP contribution in [0, 0.1) is 17.2 Å². The van der Waals surface area contributed by atoms with E-state index in [9.17, 15) is 4.79 Å². The van der Waals surface area contributed by atoms with Crippen LogP contribution < -0.4 is 5.32 Å². The van der Waals surface area contributed by atoms with Crippen LogP contribution in [0.1, 0.15) is 41.7 Å². The Morgan fingerprint density at radius 3 is 3.00 bits per heavy atom. The molecule has 1 saturated carbocycles. The zero-order chi connectivity index (χ0) is 12.8. The summed E-state index contributed by atoms with van der Waals surface area (Å²) >= 11 is 0. The largest absolute Gasteiger partial charge is 0.352 e. The van der Waals surface area contributed by atoms with Gasteiger partial charge in [0.25, 0.3) is 5.91 Å². The van der Waals surface area contributed by atoms with E-state index in [4.69, 9.17) is 5.26 Å². The highest BCUT2D eigenvalue weighted by Gasteiger charge is 2.16. The number of rotatable bonds is 4. The van der Waals surface area contributed by atoms with Crippen LogP contribution in [-0.4, -0.2) is 17.4 Å². The first-order valence-corrected chi connectivity index (χ1v) is 6.39. The Bertz CT molecular complexity index is 458. The molecule has 1 fully saturated rings. The molecule has 1 N–H and O–H groups in total. The van der Waals surface area contributed by atoms with Gasteiger partial charge in [-0.2, -0.15) is 5.26 Å². The predicted molar refractivity (Wildman–Crippen MR) is 67.8 cm³/mol. The highest BCUT2D eigenvalue weighted by Crippen LogP contribution is 2.23. The number of nitrogens with one attached hydrogen (secondary N) is 1. The van der Waals surface area contributed by atoms with Crippen LogP contribution in [0.4, 0.5) is 0 Å². The van der Waals surface area contributed by atoms with E-state index in [-0.39, 0.29) is 12.3 Å². The molecule has 0 spiro atoms. The van der Waals surface area contributed by atoms with E-state index in [0.29, 0.717) is 17.2 Å². The molecule has 4 heteroatoms. The molecule has 0 atom stereocenters. The van der Waals surface area contributed by atoms with Gasteiger partial charge in [-0.15, -0.1) is 0 Å². The summed E-state index contributed by atoms with van der Waals surface area (Å²) in [6.45, 7) is 0.759. The van der Waals surface area contributed by atoms with Gasteiger partial charge in [0.15, 0.2) is 0 Å². The van der Waals surface area contributed by atoms with Crippen molar-refractivity contribution in [1.82, 2.24) is 10.3 Å². The second-order valence-corrected chi connectivity index (χ2v) is 4.73. The fraction of sp³-hybridized carbons (Fsp3) is 0.500. The van der Waals surface area contributed by atoms with Gasteiger partial charge >= 0.3 is 0 Å². The Balaban J connectivity index is 1.91. The summed E-state index contributed by atoms with van der Waals surface area (Å²) in [6.07, 6.45) is 6.82. The Morgan fingerprint density at radius 2 is 2.28 bits per heavy atom. The van der Waals surface area contributed by atoms with Crippen LogP contribution in [0.15, 0.2) is 18.3 Å². The van der Waals surface area contributed by atoms with Gasteiger partial charge in [0.05, 0.1) is 18.2 Å². The van der Waals surface area contributed by atoms with Crippen molar-refractivity contribution in [2.24, 2.45) is 5.92 Å². The summed E-state index contributed by atoms with van der Waals surface area (Å²) in [4.78, 5) is 16.0. The van der Waals surface area contributed by atoms with Crippen LogP contribution in [0.5, 0.6) is 0 Å². The van der Waals surface area contributed by atoms with Gasteiger partial charge in [-0.05, 0) is 30.9 Å². The van der Waals surface area contributed by atoms with E-state index in [2.05, 4.69) is 10.3 Å². The maximum absolute atomic E-state index is 11.9. The number of hydrogen-bond acceptors (Lipinski definition) is 3. The van der Waals surface area contributed by atoms with E-state index in [0.717, 1.165) is 6.54 Å². The summed E-state index contributed by atoms with van der Waals surface area (Å²) in [5.74, 6) is 0.567. The average molecular weight is 243 g/mol. The Kier molecular flexibility index (Phi) is 4.30. The minimum absolute atomic E-state index is 0.0662. The summed E-state index contributed by atoms with van der Waals surface area (Å²) < 4.78 is 0. The monoisotopic (exact) mass is 243 g/mol. The molecule has 18 heavy (non-hydrogen) atoms. The van der Waals surface area contributed by atoms with Gasteiger partial charge in [0.2, 0.25) is 0 Å². The molecule has 1 heterocycles. The molecule has 1 aromatic heterocycles. The molecular weight excluding hydrogens is 226 g/mol. The zero-order valence-corrected chi connectivity index (χ0v) is 10.4. The van der Waals surface area contributed by atoms with Crippen LogP contribution >= 0.6 is 0 Å². The Labute approximate surface area is 107 Å². The van der Waals surface area contributed by atoms with Gasteiger partial charge in [-0.3, -0.25) is 9.78 Å². The molecule has 4 nitrogen and oxygen atoms in total. The van der Waals surface area contributed by atoms with Crippen LogP contribution in [0.2, 0.25) is 0 Å². The smallest absolute Gasteiger partial charge is 0.251 e. The Hall–Kier alpha value is -1.89. The summed E-state index contributed by atoms with van der Waals surface area (Å²) in [6, 6.07) is 5.41. The van der Waals surface area contributed by atoms with Gasteiger partial charge in [-0.25, -0.2) is 0 Å². The number of carbonyl (C=O) groups excluding carboxylic acids is 1. The number of nitrogens with zero attached hydrogens (tertiary/aromatic N) is 2. The van der Waals surface area contributed by atoms with Gasteiger partial charge in [-0.1, -0.05) is 12.8 Å². The average Bonchev–Trinajstić information content (AvgIpc) is 2.90. The van der Waals surface area contributed by atoms with Gasteiger partial charge in [0.1, 0.15) is 0 Å². The first-order chi connectivity index (χ1) is 8.79. The summed E-state index contributed by atoms with van der Waals surface area (Å²) in [5, 5.41) is 11.6. The van der Waals surface area contributed by atoms with Crippen molar-refractivity contribution >= 4 is 5.91 Å². The van der Waals surface area contributed by atoms with E-state index >= 15 is 0 Å². The normalized spacial score (nSPS) is 15.3. The van der Waals surface area contributed by atoms with Gasteiger partial charge in [0, 0.05) is 18.3 Å². The predicted octanol–water partition coefficient (Wildman–Crippen LogP) is 2.07. The van der Waals surface area contributed by atoms with Crippen molar-refractivity contribution in [2.75, 3.05) is 6.54 Å². The topological polar surface area (TPSA) is 65.8 Å². The number of pyridine rings is 1. The second-order valence-electron chi connectivity index (χ2n) is 4.73. The van der Waals surface area contributed by atoms with Crippen molar-refractivity contribution < 1.29 is 4.79 Å². The van der Waals surface area contributed by atoms with Crippen molar-refractivity contribution in [3.05, 3.63) is 29.6 Å². The third-order valence-corrected chi connectivity index (χ3v) is 3.36. The number of nitriles is 1. The summed E-state index contributed by atoms with van der Waals surface area (Å²) in [7, 11) is 0. The minimum atomic E-state index is -0.0662. The van der Waals surface area contributed by atoms with Crippen molar-refractivity contribution in [3.63, 3.8) is 0 Å². The third-order valence-electron chi connectivity index (χ3n) is 3.36. The van der Waals surface area contributed by atoms with E-state index in [1.807, 2.05) is 6.07 Å². The van der Waals surface area contributed by atoms with Crippen molar-refractivity contribution in [3.8, 4) is 6.07 Å². The highest BCUT2D eigenvalue weighted by molar-refractivity contribution is 5.94. The van der Waals surface area contributed by atoms with E-state index < -0.39 is 0 Å². The number of carbonyl (C=O) groups is 1. The number of hydrogen-bond donors (Lipinski definition) is 1. The molecule has 0 unspecified atom stereocenters. The van der Waals surface area contributed by atoms with Crippen molar-refractivity contribution in [1.29, 1.82) is 5.26 Å². The molecule has 1 amide bonds. The molecule has 0 bridgehead atoms. The lowest BCUT2D eigenvalue weighted by molar-refractivity contribution is 0.0947. The molecule has 1 aliphatic carbocycles. The molecule has 94 valence electrons. The molecule has 1 aromatic rings. The zero-order valence-electron chi connectivity index (χ0n) is 10.4. The van der Waals surface area contributed by atoms with Crippen LogP contribution in [0.3, 0.4) is 0 Å². The standard InChI is InChI=1S/C14H17N3O/c15-7-5-13-9-12(6-8-16-13)14(18)17-10-11-3-1-2-4-11/h6,8-9,11H,1-5,10H2,(H,17,18). The summed E-state index contributed by atoms with van der Waals surface area (Å²) in [5.41, 5.74) is 1.24. The SMILES string of the molecule is N#CCc1cc(C(=O)NCC2CCCC2)ccn1. The first-order valence-electron chi connectivity index (χ1n) is 6.39. The second kappa shape index (κ2) is 6.15. The van der Waals surface area contributed by atoms with Crippen LogP contribution in [-0.2, 0) is 6.42 Å². The van der Waals surface area contributed by atoms with Crippen molar-refractivity contribution in [2.45, 2.75) is 32.1 Å². The van der Waals surface area contributed by atoms with E-state index in [1.165, 1.54) is 25.7 Å². The number of aromatic nitrogens is 1. The van der Waals surface area contributed by atoms with E-state index in [1.54, 1.807) is 18.3 Å². The molecule has 0 radical (unpaired) electrons.